The average Bonchev–Trinajstić information content (AvgIpc) is 3.67. The first-order valence-electron chi connectivity index (χ1n) is 12.6. The van der Waals surface area contributed by atoms with Gasteiger partial charge in [-0.1, -0.05) is 12.1 Å². The Morgan fingerprint density at radius 3 is 2.81 bits per heavy atom. The number of pyridine rings is 2. The van der Waals surface area contributed by atoms with E-state index >= 15 is 0 Å². The smallest absolute Gasteiger partial charge is 0.181 e. The topological polar surface area (TPSA) is 98.7 Å². The van der Waals surface area contributed by atoms with Gasteiger partial charge in [-0.3, -0.25) is 20.0 Å². The SMILES string of the molecule is Fc1cccc(C2CN=Cc3nc(-c4[nH]nc5ncc(-c6cncc(CN7CCCC7)c6)cc45)[nH]c32)c1. The summed E-state index contributed by atoms with van der Waals surface area (Å²) >= 11 is 0. The van der Waals surface area contributed by atoms with Crippen LogP contribution in [0.2, 0.25) is 0 Å². The molecule has 6 heterocycles. The Hall–Kier alpha value is -4.24. The van der Waals surface area contributed by atoms with Gasteiger partial charge in [0.25, 0.3) is 0 Å². The summed E-state index contributed by atoms with van der Waals surface area (Å²) in [5, 5.41) is 8.39. The molecular weight excluding hydrogens is 467 g/mol. The van der Waals surface area contributed by atoms with Crippen molar-refractivity contribution >= 4 is 17.2 Å². The molecule has 1 unspecified atom stereocenters. The second kappa shape index (κ2) is 9.01. The van der Waals surface area contributed by atoms with E-state index in [1.54, 1.807) is 18.3 Å². The van der Waals surface area contributed by atoms with Gasteiger partial charge in [0.15, 0.2) is 11.5 Å². The van der Waals surface area contributed by atoms with Crippen LogP contribution in [0.4, 0.5) is 4.39 Å². The number of nitrogens with one attached hydrogen (secondary N) is 2. The van der Waals surface area contributed by atoms with Crippen molar-refractivity contribution in [1.82, 2.24) is 35.0 Å². The number of H-pyrrole nitrogens is 2. The fourth-order valence-electron chi connectivity index (χ4n) is 5.38. The van der Waals surface area contributed by atoms with Crippen molar-refractivity contribution in [3.63, 3.8) is 0 Å². The van der Waals surface area contributed by atoms with Gasteiger partial charge in [-0.2, -0.15) is 5.10 Å². The summed E-state index contributed by atoms with van der Waals surface area (Å²) in [7, 11) is 0. The molecule has 37 heavy (non-hydrogen) atoms. The second-order valence-electron chi connectivity index (χ2n) is 9.75. The third kappa shape index (κ3) is 4.11. The molecule has 0 amide bonds. The number of likely N-dealkylation sites (tertiary alicyclic amines) is 1. The highest BCUT2D eigenvalue weighted by Crippen LogP contribution is 2.33. The maximum absolute atomic E-state index is 13.9. The van der Waals surface area contributed by atoms with E-state index in [4.69, 9.17) is 4.98 Å². The highest BCUT2D eigenvalue weighted by atomic mass is 19.1. The fourth-order valence-corrected chi connectivity index (χ4v) is 5.38. The Balaban J connectivity index is 1.24. The molecule has 1 saturated heterocycles. The summed E-state index contributed by atoms with van der Waals surface area (Å²) in [5.41, 5.74) is 7.11. The standard InChI is InChI=1S/C28H25FN8/c29-21-5-3-4-18(9-21)23-14-31-15-24-25(23)34-28(33-24)26-22-10-20(13-32-27(22)36-35-26)19-8-17(11-30-12-19)16-37-6-1-2-7-37/h3-5,8-13,15,23H,1-2,6-7,14,16H2,(H,33,34)(H,32,35,36). The minimum absolute atomic E-state index is 0.0933. The van der Waals surface area contributed by atoms with E-state index in [0.717, 1.165) is 58.8 Å². The minimum atomic E-state index is -0.259. The number of nitrogens with zero attached hydrogens (tertiary/aromatic N) is 6. The predicted octanol–water partition coefficient (Wildman–Crippen LogP) is 4.71. The van der Waals surface area contributed by atoms with Gasteiger partial charge < -0.3 is 4.98 Å². The molecule has 2 N–H and O–H groups in total. The van der Waals surface area contributed by atoms with Crippen molar-refractivity contribution in [2.75, 3.05) is 19.6 Å². The number of halogens is 1. The quantitative estimate of drug-likeness (QED) is 0.370. The van der Waals surface area contributed by atoms with E-state index in [9.17, 15) is 4.39 Å². The number of imidazole rings is 1. The van der Waals surface area contributed by atoms with E-state index in [0.29, 0.717) is 18.0 Å². The number of hydrogen-bond acceptors (Lipinski definition) is 6. The van der Waals surface area contributed by atoms with Crippen LogP contribution in [0, 0.1) is 5.82 Å². The monoisotopic (exact) mass is 492 g/mol. The van der Waals surface area contributed by atoms with Gasteiger partial charge in [0.2, 0.25) is 0 Å². The molecular formula is C28H25FN8. The van der Waals surface area contributed by atoms with Crippen LogP contribution < -0.4 is 0 Å². The zero-order chi connectivity index (χ0) is 24.8. The molecule has 0 saturated carbocycles. The number of rotatable bonds is 5. The molecule has 8 nitrogen and oxygen atoms in total. The molecule has 1 fully saturated rings. The average molecular weight is 493 g/mol. The fraction of sp³-hybridized carbons (Fsp3) is 0.250. The molecule has 0 radical (unpaired) electrons. The Labute approximate surface area is 212 Å². The molecule has 4 aromatic heterocycles. The molecule has 2 aliphatic heterocycles. The van der Waals surface area contributed by atoms with Crippen LogP contribution in [-0.4, -0.2) is 60.9 Å². The van der Waals surface area contributed by atoms with Crippen molar-refractivity contribution in [2.24, 2.45) is 4.99 Å². The molecule has 5 aromatic rings. The van der Waals surface area contributed by atoms with Gasteiger partial charge >= 0.3 is 0 Å². The Bertz CT molecular complexity index is 1630. The highest BCUT2D eigenvalue weighted by molar-refractivity contribution is 5.92. The third-order valence-electron chi connectivity index (χ3n) is 7.24. The first kappa shape index (κ1) is 22.0. The van der Waals surface area contributed by atoms with Crippen molar-refractivity contribution in [1.29, 1.82) is 0 Å². The predicted molar refractivity (Wildman–Crippen MR) is 140 cm³/mol. The van der Waals surface area contributed by atoms with Crippen LogP contribution in [0.1, 0.15) is 41.3 Å². The molecule has 7 rings (SSSR count). The van der Waals surface area contributed by atoms with Gasteiger partial charge in [0, 0.05) is 48.4 Å². The number of hydrogen-bond donors (Lipinski definition) is 2. The van der Waals surface area contributed by atoms with Crippen LogP contribution in [-0.2, 0) is 6.54 Å². The Morgan fingerprint density at radius 2 is 1.92 bits per heavy atom. The van der Waals surface area contributed by atoms with Crippen LogP contribution in [0.5, 0.6) is 0 Å². The lowest BCUT2D eigenvalue weighted by molar-refractivity contribution is 0.331. The largest absolute Gasteiger partial charge is 0.339 e. The lowest BCUT2D eigenvalue weighted by atomic mass is 9.93. The molecule has 9 heteroatoms. The summed E-state index contributed by atoms with van der Waals surface area (Å²) in [6, 6.07) is 10.9. The molecule has 0 spiro atoms. The van der Waals surface area contributed by atoms with Crippen LogP contribution in [0.15, 0.2) is 60.0 Å². The highest BCUT2D eigenvalue weighted by Gasteiger charge is 2.25. The molecule has 0 aliphatic carbocycles. The molecule has 2 aliphatic rings. The van der Waals surface area contributed by atoms with Gasteiger partial charge in [0.05, 0.1) is 17.6 Å². The molecule has 1 atom stereocenters. The summed E-state index contributed by atoms with van der Waals surface area (Å²) in [4.78, 5) is 24.3. The number of aliphatic imine (C=N–C) groups is 1. The van der Waals surface area contributed by atoms with Gasteiger partial charge in [0.1, 0.15) is 17.2 Å². The normalized spacial score (nSPS) is 17.5. The summed E-state index contributed by atoms with van der Waals surface area (Å²) in [5.74, 6) is 0.303. The van der Waals surface area contributed by atoms with Crippen LogP contribution >= 0.6 is 0 Å². The number of aromatic nitrogens is 6. The zero-order valence-electron chi connectivity index (χ0n) is 20.2. The van der Waals surface area contributed by atoms with Crippen molar-refractivity contribution < 1.29 is 4.39 Å². The Kier molecular flexibility index (Phi) is 5.35. The van der Waals surface area contributed by atoms with E-state index in [1.807, 2.05) is 24.7 Å². The third-order valence-corrected chi connectivity index (χ3v) is 7.24. The Morgan fingerprint density at radius 1 is 1.03 bits per heavy atom. The second-order valence-corrected chi connectivity index (χ2v) is 9.75. The molecule has 0 bridgehead atoms. The maximum Gasteiger partial charge on any atom is 0.181 e. The van der Waals surface area contributed by atoms with E-state index in [2.05, 4.69) is 47.2 Å². The van der Waals surface area contributed by atoms with Crippen LogP contribution in [0.3, 0.4) is 0 Å². The summed E-state index contributed by atoms with van der Waals surface area (Å²) < 4.78 is 13.9. The summed E-state index contributed by atoms with van der Waals surface area (Å²) in [6.45, 7) is 3.75. The van der Waals surface area contributed by atoms with Gasteiger partial charge in [-0.25, -0.2) is 14.4 Å². The van der Waals surface area contributed by atoms with Crippen molar-refractivity contribution in [3.05, 3.63) is 83.3 Å². The lowest BCUT2D eigenvalue weighted by Crippen LogP contribution is -2.18. The van der Waals surface area contributed by atoms with Crippen LogP contribution in [0.25, 0.3) is 33.7 Å². The molecule has 1 aromatic carbocycles. The van der Waals surface area contributed by atoms with Gasteiger partial charge in [-0.05, 0) is 61.3 Å². The zero-order valence-corrected chi connectivity index (χ0v) is 20.2. The molecule has 184 valence electrons. The number of aromatic amines is 2. The van der Waals surface area contributed by atoms with Gasteiger partial charge in [-0.15, -0.1) is 0 Å². The first-order chi connectivity index (χ1) is 18.2. The lowest BCUT2D eigenvalue weighted by Gasteiger charge is -2.17. The van der Waals surface area contributed by atoms with E-state index in [1.165, 1.54) is 24.5 Å². The maximum atomic E-state index is 13.9. The van der Waals surface area contributed by atoms with E-state index in [-0.39, 0.29) is 11.7 Å². The number of fused-ring (bicyclic) bond motifs is 2. The van der Waals surface area contributed by atoms with Crippen molar-refractivity contribution in [2.45, 2.75) is 25.3 Å². The van der Waals surface area contributed by atoms with E-state index < -0.39 is 0 Å². The minimum Gasteiger partial charge on any atom is -0.339 e. The first-order valence-corrected chi connectivity index (χ1v) is 12.6. The van der Waals surface area contributed by atoms with Crippen molar-refractivity contribution in [3.8, 4) is 22.6 Å². The number of benzene rings is 1. The summed E-state index contributed by atoms with van der Waals surface area (Å²) in [6.07, 6.45) is 9.96.